The number of nitrogens with one attached hydrogen (secondary N) is 1. The largest absolute Gasteiger partial charge is 0.316 e. The summed E-state index contributed by atoms with van der Waals surface area (Å²) in [4.78, 5) is 0. The summed E-state index contributed by atoms with van der Waals surface area (Å²) in [6, 6.07) is 2.92. The first-order chi connectivity index (χ1) is 6.70. The van der Waals surface area contributed by atoms with Gasteiger partial charge in [0.15, 0.2) is 0 Å². The third kappa shape index (κ3) is 1.52. The van der Waals surface area contributed by atoms with Gasteiger partial charge in [-0.2, -0.15) is 0 Å². The van der Waals surface area contributed by atoms with Gasteiger partial charge in [-0.25, -0.2) is 8.78 Å². The van der Waals surface area contributed by atoms with Crippen molar-refractivity contribution in [1.29, 1.82) is 0 Å². The zero-order chi connectivity index (χ0) is 10.1. The predicted molar refractivity (Wildman–Crippen MR) is 51.3 cm³/mol. The van der Waals surface area contributed by atoms with Gasteiger partial charge >= 0.3 is 0 Å². The summed E-state index contributed by atoms with van der Waals surface area (Å²) in [7, 11) is 0. The van der Waals surface area contributed by atoms with Gasteiger partial charge in [0.2, 0.25) is 0 Å². The lowest BCUT2D eigenvalue weighted by atomic mass is 9.96. The zero-order valence-electron chi connectivity index (χ0n) is 8.11. The van der Waals surface area contributed by atoms with E-state index in [4.69, 9.17) is 0 Å². The molecule has 1 fully saturated rings. The van der Waals surface area contributed by atoms with E-state index >= 15 is 0 Å². The van der Waals surface area contributed by atoms with Crippen LogP contribution in [0.5, 0.6) is 0 Å². The van der Waals surface area contributed by atoms with Gasteiger partial charge in [-0.1, -0.05) is 6.07 Å². The van der Waals surface area contributed by atoms with Gasteiger partial charge in [0.05, 0.1) is 0 Å². The van der Waals surface area contributed by atoms with E-state index in [0.717, 1.165) is 19.5 Å². The van der Waals surface area contributed by atoms with E-state index in [0.29, 0.717) is 5.56 Å². The summed E-state index contributed by atoms with van der Waals surface area (Å²) in [5, 5.41) is 3.17. The Bertz CT molecular complexity index is 343. The smallest absolute Gasteiger partial charge is 0.132 e. The molecule has 0 amide bonds. The second-order valence-electron chi connectivity index (χ2n) is 3.77. The molecular formula is C11H13F2N. The van der Waals surface area contributed by atoms with Crippen LogP contribution in [0.4, 0.5) is 8.78 Å². The van der Waals surface area contributed by atoms with Gasteiger partial charge in [0, 0.05) is 18.0 Å². The fourth-order valence-electron chi connectivity index (χ4n) is 1.92. The van der Waals surface area contributed by atoms with Crippen LogP contribution in [0.3, 0.4) is 0 Å². The lowest BCUT2D eigenvalue weighted by molar-refractivity contribution is 0.545. The molecule has 1 aromatic carbocycles. The second-order valence-corrected chi connectivity index (χ2v) is 3.77. The molecule has 1 atom stereocenters. The van der Waals surface area contributed by atoms with Gasteiger partial charge in [0.1, 0.15) is 11.6 Å². The van der Waals surface area contributed by atoms with Crippen molar-refractivity contribution in [3.63, 3.8) is 0 Å². The lowest BCUT2D eigenvalue weighted by Gasteiger charge is -2.11. The molecule has 1 aliphatic rings. The van der Waals surface area contributed by atoms with E-state index in [9.17, 15) is 8.78 Å². The lowest BCUT2D eigenvalue weighted by Crippen LogP contribution is -2.09. The van der Waals surface area contributed by atoms with Crippen molar-refractivity contribution in [2.24, 2.45) is 0 Å². The molecule has 1 aliphatic heterocycles. The molecular weight excluding hydrogens is 184 g/mol. The summed E-state index contributed by atoms with van der Waals surface area (Å²) in [5.41, 5.74) is 0.781. The molecule has 1 heterocycles. The molecule has 0 spiro atoms. The van der Waals surface area contributed by atoms with E-state index in [1.54, 1.807) is 6.07 Å². The first kappa shape index (κ1) is 9.59. The van der Waals surface area contributed by atoms with Crippen LogP contribution in [0.1, 0.15) is 23.5 Å². The third-order valence-corrected chi connectivity index (χ3v) is 2.85. The van der Waals surface area contributed by atoms with E-state index in [1.807, 2.05) is 0 Å². The second kappa shape index (κ2) is 3.65. The normalized spacial score (nSPS) is 21.5. The third-order valence-electron chi connectivity index (χ3n) is 2.85. The van der Waals surface area contributed by atoms with Crippen molar-refractivity contribution < 1.29 is 8.78 Å². The number of rotatable bonds is 1. The van der Waals surface area contributed by atoms with Crippen LogP contribution < -0.4 is 5.32 Å². The molecule has 0 bridgehead atoms. The Labute approximate surface area is 82.1 Å². The van der Waals surface area contributed by atoms with Gasteiger partial charge in [0.25, 0.3) is 0 Å². The molecule has 0 radical (unpaired) electrons. The Kier molecular flexibility index (Phi) is 2.50. The van der Waals surface area contributed by atoms with Crippen molar-refractivity contribution in [3.05, 3.63) is 34.9 Å². The molecule has 2 rings (SSSR count). The number of hydrogen-bond acceptors (Lipinski definition) is 1. The Balaban J connectivity index is 2.38. The summed E-state index contributed by atoms with van der Waals surface area (Å²) in [6.07, 6.45) is 0.933. The molecule has 1 saturated heterocycles. The van der Waals surface area contributed by atoms with Gasteiger partial charge in [-0.15, -0.1) is 0 Å². The Morgan fingerprint density at radius 1 is 1.36 bits per heavy atom. The summed E-state index contributed by atoms with van der Waals surface area (Å²) >= 11 is 0. The average molecular weight is 197 g/mol. The zero-order valence-corrected chi connectivity index (χ0v) is 8.11. The van der Waals surface area contributed by atoms with Crippen LogP contribution in [0, 0.1) is 18.6 Å². The highest BCUT2D eigenvalue weighted by molar-refractivity contribution is 5.30. The summed E-state index contributed by atoms with van der Waals surface area (Å²) in [5.74, 6) is -0.634. The first-order valence-corrected chi connectivity index (χ1v) is 4.85. The van der Waals surface area contributed by atoms with Crippen LogP contribution in [0.2, 0.25) is 0 Å². The van der Waals surface area contributed by atoms with Gasteiger partial charge < -0.3 is 5.32 Å². The van der Waals surface area contributed by atoms with E-state index in [1.165, 1.54) is 13.0 Å². The highest BCUT2D eigenvalue weighted by Gasteiger charge is 2.21. The Hall–Kier alpha value is -0.960. The number of halogens is 2. The minimum absolute atomic E-state index is 0.134. The topological polar surface area (TPSA) is 12.0 Å². The molecule has 0 saturated carbocycles. The summed E-state index contributed by atoms with van der Waals surface area (Å²) in [6.45, 7) is 3.19. The molecule has 14 heavy (non-hydrogen) atoms. The van der Waals surface area contributed by atoms with E-state index in [2.05, 4.69) is 5.32 Å². The molecule has 76 valence electrons. The molecule has 1 aromatic rings. The minimum atomic E-state index is -0.461. The van der Waals surface area contributed by atoms with Crippen LogP contribution in [-0.4, -0.2) is 13.1 Å². The van der Waals surface area contributed by atoms with Crippen molar-refractivity contribution in [2.75, 3.05) is 13.1 Å². The Morgan fingerprint density at radius 3 is 2.79 bits per heavy atom. The van der Waals surface area contributed by atoms with E-state index < -0.39 is 5.82 Å². The van der Waals surface area contributed by atoms with E-state index in [-0.39, 0.29) is 17.3 Å². The molecule has 1 nitrogen and oxygen atoms in total. The highest BCUT2D eigenvalue weighted by atomic mass is 19.1. The molecule has 1 N–H and O–H groups in total. The van der Waals surface area contributed by atoms with Crippen LogP contribution in [-0.2, 0) is 0 Å². The highest BCUT2D eigenvalue weighted by Crippen LogP contribution is 2.27. The van der Waals surface area contributed by atoms with Crippen molar-refractivity contribution >= 4 is 0 Å². The SMILES string of the molecule is Cc1c(F)ccc(C2CCNC2)c1F. The standard InChI is InChI=1S/C11H13F2N/c1-7-10(12)3-2-9(11(7)13)8-4-5-14-6-8/h2-3,8,14H,4-6H2,1H3. The molecule has 3 heteroatoms. The summed E-state index contributed by atoms with van der Waals surface area (Å²) < 4.78 is 26.6. The monoisotopic (exact) mass is 197 g/mol. The number of hydrogen-bond donors (Lipinski definition) is 1. The van der Waals surface area contributed by atoms with Crippen LogP contribution >= 0.6 is 0 Å². The molecule has 1 unspecified atom stereocenters. The first-order valence-electron chi connectivity index (χ1n) is 4.85. The average Bonchev–Trinajstić information content (AvgIpc) is 2.67. The quantitative estimate of drug-likeness (QED) is 0.728. The molecule has 0 aromatic heterocycles. The van der Waals surface area contributed by atoms with Crippen LogP contribution in [0.15, 0.2) is 12.1 Å². The van der Waals surface area contributed by atoms with Crippen molar-refractivity contribution in [3.8, 4) is 0 Å². The van der Waals surface area contributed by atoms with Gasteiger partial charge in [-0.3, -0.25) is 0 Å². The minimum Gasteiger partial charge on any atom is -0.316 e. The van der Waals surface area contributed by atoms with Crippen molar-refractivity contribution in [1.82, 2.24) is 5.32 Å². The maximum Gasteiger partial charge on any atom is 0.132 e. The Morgan fingerprint density at radius 2 is 2.14 bits per heavy atom. The predicted octanol–water partition coefficient (Wildman–Crippen LogP) is 2.35. The maximum absolute atomic E-state index is 13.6. The maximum atomic E-state index is 13.6. The van der Waals surface area contributed by atoms with Gasteiger partial charge in [-0.05, 0) is 31.5 Å². The van der Waals surface area contributed by atoms with Crippen molar-refractivity contribution in [2.45, 2.75) is 19.3 Å². The van der Waals surface area contributed by atoms with Crippen LogP contribution in [0.25, 0.3) is 0 Å². The fraction of sp³-hybridized carbons (Fsp3) is 0.455. The molecule has 0 aliphatic carbocycles. The number of benzene rings is 1. The fourth-order valence-corrected chi connectivity index (χ4v) is 1.92.